The number of carbonyl (C=O) groups is 1. The van der Waals surface area contributed by atoms with E-state index >= 15 is 0 Å². The molecule has 2 rings (SSSR count). The van der Waals surface area contributed by atoms with E-state index in [0.29, 0.717) is 12.2 Å². The number of ether oxygens (including phenoxy) is 2. The van der Waals surface area contributed by atoms with Gasteiger partial charge in [0, 0.05) is 11.1 Å². The Kier molecular flexibility index (Phi) is 4.57. The number of halogens is 1. The molecule has 1 aliphatic rings. The lowest BCUT2D eigenvalue weighted by Gasteiger charge is -2.22. The molecule has 3 nitrogen and oxygen atoms in total. The van der Waals surface area contributed by atoms with E-state index < -0.39 is 0 Å². The summed E-state index contributed by atoms with van der Waals surface area (Å²) in [4.78, 5) is 11.8. The van der Waals surface area contributed by atoms with Crippen LogP contribution >= 0.6 is 15.9 Å². The molecular weight excluding hydrogens is 284 g/mol. The second-order valence-electron chi connectivity index (χ2n) is 4.07. The molecule has 92 valence electrons. The van der Waals surface area contributed by atoms with Crippen molar-refractivity contribution in [2.75, 3.05) is 13.2 Å². The number of benzene rings is 1. The molecule has 1 aromatic rings. The van der Waals surface area contributed by atoms with Gasteiger partial charge < -0.3 is 9.47 Å². The van der Waals surface area contributed by atoms with E-state index in [0.717, 1.165) is 30.3 Å². The van der Waals surface area contributed by atoms with Crippen molar-refractivity contribution < 1.29 is 14.3 Å². The van der Waals surface area contributed by atoms with Crippen molar-refractivity contribution in [3.8, 4) is 0 Å². The van der Waals surface area contributed by atoms with Crippen molar-refractivity contribution in [1.29, 1.82) is 0 Å². The first-order chi connectivity index (χ1) is 8.27. The molecule has 0 spiro atoms. The normalized spacial score (nSPS) is 19.9. The topological polar surface area (TPSA) is 35.5 Å². The van der Waals surface area contributed by atoms with Crippen LogP contribution in [0.3, 0.4) is 0 Å². The summed E-state index contributed by atoms with van der Waals surface area (Å²) in [6.45, 7) is 1.12. The van der Waals surface area contributed by atoms with E-state index in [1.54, 1.807) is 6.07 Å². The van der Waals surface area contributed by atoms with Crippen LogP contribution < -0.4 is 0 Å². The highest BCUT2D eigenvalue weighted by atomic mass is 79.9. The Morgan fingerprint density at radius 1 is 1.41 bits per heavy atom. The lowest BCUT2D eigenvalue weighted by molar-refractivity contribution is -0.0300. The largest absolute Gasteiger partial charge is 0.459 e. The molecular formula is C13H15BrO3. The zero-order valence-electron chi connectivity index (χ0n) is 9.52. The molecule has 1 atom stereocenters. The molecule has 0 aliphatic carbocycles. The van der Waals surface area contributed by atoms with E-state index in [1.165, 1.54) is 0 Å². The van der Waals surface area contributed by atoms with E-state index in [-0.39, 0.29) is 12.1 Å². The molecule has 0 saturated carbocycles. The van der Waals surface area contributed by atoms with Crippen LogP contribution in [0.1, 0.15) is 29.6 Å². The molecule has 4 heteroatoms. The van der Waals surface area contributed by atoms with Gasteiger partial charge >= 0.3 is 5.97 Å². The zero-order valence-corrected chi connectivity index (χ0v) is 11.1. The Morgan fingerprint density at radius 2 is 2.24 bits per heavy atom. The fraction of sp³-hybridized carbons (Fsp3) is 0.462. The minimum Gasteiger partial charge on any atom is -0.459 e. The number of hydrogen-bond acceptors (Lipinski definition) is 3. The first kappa shape index (κ1) is 12.6. The molecule has 1 unspecified atom stereocenters. The number of esters is 1. The Hall–Kier alpha value is -0.870. The van der Waals surface area contributed by atoms with Gasteiger partial charge in [0.25, 0.3) is 0 Å². The lowest BCUT2D eigenvalue weighted by Crippen LogP contribution is -2.26. The van der Waals surface area contributed by atoms with E-state index in [9.17, 15) is 4.79 Å². The molecule has 0 N–H and O–H groups in total. The Morgan fingerprint density at radius 3 is 2.94 bits per heavy atom. The van der Waals surface area contributed by atoms with Crippen molar-refractivity contribution in [2.45, 2.75) is 25.4 Å². The van der Waals surface area contributed by atoms with Gasteiger partial charge in [-0.2, -0.15) is 0 Å². The molecule has 1 heterocycles. The molecule has 1 aromatic carbocycles. The quantitative estimate of drug-likeness (QED) is 0.804. The maximum Gasteiger partial charge on any atom is 0.339 e. The van der Waals surface area contributed by atoms with Crippen LogP contribution in [0.2, 0.25) is 0 Å². The van der Waals surface area contributed by atoms with Crippen LogP contribution in [0, 0.1) is 0 Å². The number of carbonyl (C=O) groups excluding carboxylic acids is 1. The summed E-state index contributed by atoms with van der Waals surface area (Å²) in [5.74, 6) is -0.299. The lowest BCUT2D eigenvalue weighted by atomic mass is 10.1. The summed E-state index contributed by atoms with van der Waals surface area (Å²) in [6, 6.07) is 7.26. The summed E-state index contributed by atoms with van der Waals surface area (Å²) in [5.41, 5.74) is 0.559. The minimum atomic E-state index is -0.299. The summed E-state index contributed by atoms with van der Waals surface area (Å²) < 4.78 is 11.5. The van der Waals surface area contributed by atoms with Crippen molar-refractivity contribution in [3.63, 3.8) is 0 Å². The molecule has 17 heavy (non-hydrogen) atoms. The highest BCUT2D eigenvalue weighted by Crippen LogP contribution is 2.18. The third-order valence-corrected chi connectivity index (χ3v) is 3.46. The van der Waals surface area contributed by atoms with Gasteiger partial charge in [-0.15, -0.1) is 0 Å². The van der Waals surface area contributed by atoms with Crippen LogP contribution in [0.25, 0.3) is 0 Å². The number of rotatable bonds is 3. The van der Waals surface area contributed by atoms with Gasteiger partial charge in [0.05, 0.1) is 11.7 Å². The minimum absolute atomic E-state index is 0.0650. The fourth-order valence-corrected chi connectivity index (χ4v) is 2.26. The van der Waals surface area contributed by atoms with Gasteiger partial charge in [-0.05, 0) is 47.3 Å². The smallest absolute Gasteiger partial charge is 0.339 e. The molecule has 0 radical (unpaired) electrons. The predicted octanol–water partition coefficient (Wildman–Crippen LogP) is 3.18. The number of hydrogen-bond donors (Lipinski definition) is 0. The van der Waals surface area contributed by atoms with Gasteiger partial charge in [0.1, 0.15) is 6.61 Å². The standard InChI is InChI=1S/C13H15BrO3/c14-12-7-2-1-6-11(12)13(15)17-9-10-5-3-4-8-16-10/h1-2,6-7,10H,3-5,8-9H2. The monoisotopic (exact) mass is 298 g/mol. The van der Waals surface area contributed by atoms with Gasteiger partial charge in [-0.3, -0.25) is 0 Å². The van der Waals surface area contributed by atoms with Crippen LogP contribution in [0.5, 0.6) is 0 Å². The third-order valence-electron chi connectivity index (χ3n) is 2.77. The van der Waals surface area contributed by atoms with Crippen LogP contribution in [-0.4, -0.2) is 25.3 Å². The highest BCUT2D eigenvalue weighted by Gasteiger charge is 2.17. The van der Waals surface area contributed by atoms with Crippen LogP contribution in [0.15, 0.2) is 28.7 Å². The molecule has 1 saturated heterocycles. The summed E-state index contributed by atoms with van der Waals surface area (Å²) in [6.07, 6.45) is 3.30. The van der Waals surface area contributed by atoms with Gasteiger partial charge in [-0.25, -0.2) is 4.79 Å². The van der Waals surface area contributed by atoms with Crippen molar-refractivity contribution in [1.82, 2.24) is 0 Å². The fourth-order valence-electron chi connectivity index (χ4n) is 1.81. The molecule has 1 aliphatic heterocycles. The Bertz CT molecular complexity index is 386. The van der Waals surface area contributed by atoms with Crippen molar-refractivity contribution in [3.05, 3.63) is 34.3 Å². The van der Waals surface area contributed by atoms with E-state index in [1.807, 2.05) is 18.2 Å². The van der Waals surface area contributed by atoms with E-state index in [4.69, 9.17) is 9.47 Å². The SMILES string of the molecule is O=C(OCC1CCCCO1)c1ccccc1Br. The second kappa shape index (κ2) is 6.17. The van der Waals surface area contributed by atoms with Crippen LogP contribution in [0.4, 0.5) is 0 Å². The average Bonchev–Trinajstić information content (AvgIpc) is 2.38. The predicted molar refractivity (Wildman–Crippen MR) is 68.0 cm³/mol. The summed E-state index contributed by atoms with van der Waals surface area (Å²) in [7, 11) is 0. The molecule has 0 bridgehead atoms. The maximum absolute atomic E-state index is 11.8. The van der Waals surface area contributed by atoms with Gasteiger partial charge in [0.2, 0.25) is 0 Å². The molecule has 1 fully saturated rings. The first-order valence-corrected chi connectivity index (χ1v) is 6.60. The highest BCUT2D eigenvalue weighted by molar-refractivity contribution is 9.10. The Balaban J connectivity index is 1.87. The van der Waals surface area contributed by atoms with Crippen molar-refractivity contribution >= 4 is 21.9 Å². The van der Waals surface area contributed by atoms with Gasteiger partial charge in [0.15, 0.2) is 0 Å². The zero-order chi connectivity index (χ0) is 12.1. The Labute approximate surface area is 109 Å². The second-order valence-corrected chi connectivity index (χ2v) is 4.92. The maximum atomic E-state index is 11.8. The van der Waals surface area contributed by atoms with Gasteiger partial charge in [-0.1, -0.05) is 12.1 Å². The average molecular weight is 299 g/mol. The van der Waals surface area contributed by atoms with E-state index in [2.05, 4.69) is 15.9 Å². The summed E-state index contributed by atoms with van der Waals surface area (Å²) in [5, 5.41) is 0. The summed E-state index contributed by atoms with van der Waals surface area (Å²) >= 11 is 3.33. The molecule has 0 amide bonds. The molecule has 0 aromatic heterocycles. The first-order valence-electron chi connectivity index (χ1n) is 5.80. The van der Waals surface area contributed by atoms with Crippen molar-refractivity contribution in [2.24, 2.45) is 0 Å². The van der Waals surface area contributed by atoms with Crippen LogP contribution in [-0.2, 0) is 9.47 Å². The third kappa shape index (κ3) is 3.54.